The summed E-state index contributed by atoms with van der Waals surface area (Å²) in [4.78, 5) is 72.8. The zero-order chi connectivity index (χ0) is 64.0. The van der Waals surface area contributed by atoms with Crippen LogP contribution in [0.15, 0.2) is 101 Å². The van der Waals surface area contributed by atoms with Gasteiger partial charge >= 0.3 is 7.12 Å². The summed E-state index contributed by atoms with van der Waals surface area (Å²) in [6.07, 6.45) is 16.2. The number of nitriles is 3. The van der Waals surface area contributed by atoms with E-state index in [9.17, 15) is 19.5 Å². The van der Waals surface area contributed by atoms with Crippen LogP contribution in [-0.4, -0.2) is 158 Å². The van der Waals surface area contributed by atoms with E-state index in [4.69, 9.17) is 30.2 Å². The number of fused-ring (bicyclic) bond motifs is 3. The highest BCUT2D eigenvalue weighted by atomic mass is 79.9. The number of pyridine rings is 5. The van der Waals surface area contributed by atoms with Gasteiger partial charge in [0.05, 0.1) is 75.6 Å². The largest absolute Gasteiger partial charge is 0.498 e. The molecule has 24 nitrogen and oxygen atoms in total. The Morgan fingerprint density at radius 2 is 1.02 bits per heavy atom. The minimum Gasteiger partial charge on any atom is -0.399 e. The highest BCUT2D eigenvalue weighted by Crippen LogP contribution is 2.39. The molecule has 8 aromatic rings. The number of anilines is 3. The SMILES string of the molecule is CC1(C)OB(c2cnc3[nH]ccc3c2N[C@@H]2CCCN(C(=O)CC#N)C2)OC1(C)C.N#CCC(=O)N1CCC[C@@H](Nc2c(-c3cccc(CO)n3)cnc3[nH]ccc23)C1.N#CCC(=O)N1CCC[C@@H](Nc2c(Br)cnc3[nH]ccc23)C1.OCc1cccc(Br)n1. The van der Waals surface area contributed by atoms with E-state index in [-0.39, 0.29) is 68.3 Å². The predicted molar refractivity (Wildman–Crippen MR) is 349 cm³/mol. The van der Waals surface area contributed by atoms with Gasteiger partial charge < -0.3 is 65.1 Å². The van der Waals surface area contributed by atoms with Crippen molar-refractivity contribution in [2.45, 2.75) is 128 Å². The quantitative estimate of drug-likeness (QED) is 0.0395. The third-order valence-corrected chi connectivity index (χ3v) is 17.5. The van der Waals surface area contributed by atoms with Crippen LogP contribution in [0, 0.1) is 34.0 Å². The summed E-state index contributed by atoms with van der Waals surface area (Å²) < 4.78 is 14.2. The van der Waals surface area contributed by atoms with Crippen molar-refractivity contribution in [1.82, 2.24) is 54.6 Å². The first-order valence-corrected chi connectivity index (χ1v) is 31.4. The number of carbonyl (C=O) groups excluding carboxylic acids is 3. The van der Waals surface area contributed by atoms with Gasteiger partial charge in [-0.1, -0.05) is 12.1 Å². The fraction of sp³-hybridized carbons (Fsp3) is 0.413. The molecule has 3 atom stereocenters. The van der Waals surface area contributed by atoms with E-state index in [2.05, 4.69) is 87.7 Å². The molecule has 4 aliphatic rings. The number of amides is 3. The summed E-state index contributed by atoms with van der Waals surface area (Å²) in [6.45, 7) is 11.8. The Kier molecular flexibility index (Phi) is 22.2. The first kappa shape index (κ1) is 65.9. The van der Waals surface area contributed by atoms with Crippen molar-refractivity contribution in [3.63, 3.8) is 0 Å². The Bertz CT molecular complexity index is 3930. The zero-order valence-electron chi connectivity index (χ0n) is 50.6. The Hall–Kier alpha value is -8.49. The second kappa shape index (κ2) is 30.3. The number of aliphatic hydroxyl groups excluding tert-OH is 2. The number of rotatable bonds is 13. The van der Waals surface area contributed by atoms with Gasteiger partial charge in [-0.3, -0.25) is 19.4 Å². The second-order valence-electron chi connectivity index (χ2n) is 23.2. The number of aromatic amines is 3. The van der Waals surface area contributed by atoms with Crippen molar-refractivity contribution < 1.29 is 33.9 Å². The number of aromatic nitrogens is 8. The topological polar surface area (TPSA) is 339 Å². The predicted octanol–water partition coefficient (Wildman–Crippen LogP) is 8.59. The van der Waals surface area contributed by atoms with Crippen LogP contribution in [0.2, 0.25) is 0 Å². The standard InChI is InChI=1S/C21H28BN5O3.C21H22N6O2.C15H16BrN5O.C6H6BrNO/c1-20(2)21(3,4)30-22(29-20)16-12-25-19-15(8-10-24-19)18(16)26-14-6-5-11-27(13-14)17(28)7-9-23;22-8-6-19(29)27-10-2-4-14(12-27)26-20-16-7-9-23-21(16)24-11-17(20)18-5-1-3-15(13-28)25-18;16-12-8-19-15-11(4-6-18-15)14(12)20-10-2-1-7-21(9-10)13(22)3-5-17;7-6-3-1-2-5(4-9)8-6/h8,10,12,14H,5-7,11,13H2,1-4H3,(H2,24,25,26);1,3,5,7,9,11,14,28H,2,4,6,10,12-13H2,(H2,23,24,26);4,6,8,10H,1-3,7,9H2,(H2,18,19,20);1-3,9H,4H2/t2*14-;10-;/m111./s1. The maximum Gasteiger partial charge on any atom is 0.498 e. The molecule has 90 heavy (non-hydrogen) atoms. The number of hydrogen-bond donors (Lipinski definition) is 8. The molecule has 0 saturated carbocycles. The molecule has 3 amide bonds. The highest BCUT2D eigenvalue weighted by molar-refractivity contribution is 9.10. The molecule has 0 aromatic carbocycles. The normalized spacial score (nSPS) is 18.3. The lowest BCUT2D eigenvalue weighted by Crippen LogP contribution is -2.46. The molecule has 4 aliphatic heterocycles. The summed E-state index contributed by atoms with van der Waals surface area (Å²) in [5.41, 5.74) is 7.98. The average Bonchev–Trinajstić information content (AvgIpc) is 1.76. The molecule has 0 bridgehead atoms. The number of aliphatic hydroxyl groups is 2. The van der Waals surface area contributed by atoms with Crippen LogP contribution >= 0.6 is 31.9 Å². The monoisotopic (exact) mass is 1350 g/mol. The van der Waals surface area contributed by atoms with Crippen LogP contribution in [-0.2, 0) is 36.9 Å². The number of nitrogens with one attached hydrogen (secondary N) is 6. The third-order valence-electron chi connectivity index (χ3n) is 16.5. The molecule has 0 unspecified atom stereocenters. The Labute approximate surface area is 538 Å². The Morgan fingerprint density at radius 3 is 1.49 bits per heavy atom. The lowest BCUT2D eigenvalue weighted by molar-refractivity contribution is -0.131. The summed E-state index contributed by atoms with van der Waals surface area (Å²) >= 11 is 6.72. The van der Waals surface area contributed by atoms with Crippen LogP contribution in [0.5, 0.6) is 0 Å². The van der Waals surface area contributed by atoms with Gasteiger partial charge in [0.2, 0.25) is 17.7 Å². The summed E-state index contributed by atoms with van der Waals surface area (Å²) in [5, 5.41) is 58.1. The molecular formula is C63H72BBr2N17O7. The van der Waals surface area contributed by atoms with Gasteiger partial charge in [-0.15, -0.1) is 0 Å². The average molecular weight is 1350 g/mol. The lowest BCUT2D eigenvalue weighted by Gasteiger charge is -2.34. The first-order chi connectivity index (χ1) is 43.4. The first-order valence-electron chi connectivity index (χ1n) is 29.9. The molecule has 0 radical (unpaired) electrons. The molecule has 4 fully saturated rings. The maximum atomic E-state index is 12.2. The summed E-state index contributed by atoms with van der Waals surface area (Å²) in [5.74, 6) is -0.329. The van der Waals surface area contributed by atoms with Crippen molar-refractivity contribution in [2.75, 3.05) is 55.2 Å². The summed E-state index contributed by atoms with van der Waals surface area (Å²) in [6, 6.07) is 23.0. The number of halogens is 2. The molecule has 468 valence electrons. The van der Waals surface area contributed by atoms with Gasteiger partial charge in [0, 0.05) is 127 Å². The highest BCUT2D eigenvalue weighted by Gasteiger charge is 2.53. The third kappa shape index (κ3) is 16.1. The Balaban J connectivity index is 0.000000151. The maximum absolute atomic E-state index is 12.2. The molecule has 8 aromatic heterocycles. The van der Waals surface area contributed by atoms with Crippen LogP contribution in [0.4, 0.5) is 17.1 Å². The molecule has 0 spiro atoms. The fourth-order valence-electron chi connectivity index (χ4n) is 11.2. The van der Waals surface area contributed by atoms with E-state index in [1.807, 2.05) is 107 Å². The smallest absolute Gasteiger partial charge is 0.399 e. The van der Waals surface area contributed by atoms with Crippen LogP contribution < -0.4 is 21.4 Å². The number of nitrogens with zero attached hydrogens (tertiary/aromatic N) is 11. The van der Waals surface area contributed by atoms with E-state index in [0.29, 0.717) is 44.1 Å². The van der Waals surface area contributed by atoms with Gasteiger partial charge in [-0.05, 0) is 141 Å². The van der Waals surface area contributed by atoms with Crippen LogP contribution in [0.25, 0.3) is 44.4 Å². The molecule has 12 heterocycles. The number of H-pyrrole nitrogens is 3. The van der Waals surface area contributed by atoms with Crippen molar-refractivity contribution in [2.24, 2.45) is 0 Å². The van der Waals surface area contributed by atoms with Gasteiger partial charge in [-0.25, -0.2) is 19.9 Å². The second-order valence-corrected chi connectivity index (χ2v) is 24.8. The molecule has 4 saturated heterocycles. The van der Waals surface area contributed by atoms with E-state index < -0.39 is 18.3 Å². The molecule has 27 heteroatoms. The zero-order valence-corrected chi connectivity index (χ0v) is 53.8. The van der Waals surface area contributed by atoms with E-state index >= 15 is 0 Å². The number of hydrogen-bond acceptors (Lipinski definition) is 18. The van der Waals surface area contributed by atoms with E-state index in [0.717, 1.165) is 121 Å². The minimum absolute atomic E-state index is 0.000556. The molecule has 0 aliphatic carbocycles. The van der Waals surface area contributed by atoms with Gasteiger partial charge in [0.25, 0.3) is 0 Å². The lowest BCUT2D eigenvalue weighted by atomic mass is 9.78. The van der Waals surface area contributed by atoms with Gasteiger partial charge in [0.15, 0.2) is 0 Å². The van der Waals surface area contributed by atoms with Crippen molar-refractivity contribution in [3.8, 4) is 29.5 Å². The van der Waals surface area contributed by atoms with E-state index in [1.54, 1.807) is 45.4 Å². The molecule has 12 rings (SSSR count). The van der Waals surface area contributed by atoms with Crippen molar-refractivity contribution in [3.05, 3.63) is 112 Å². The van der Waals surface area contributed by atoms with Gasteiger partial charge in [-0.2, -0.15) is 15.8 Å². The number of likely N-dealkylation sites (tertiary alicyclic amines) is 3. The van der Waals surface area contributed by atoms with Crippen LogP contribution in [0.3, 0.4) is 0 Å². The van der Waals surface area contributed by atoms with E-state index in [1.165, 1.54) is 0 Å². The Morgan fingerprint density at radius 1 is 0.600 bits per heavy atom. The summed E-state index contributed by atoms with van der Waals surface area (Å²) in [7, 11) is -0.538. The van der Waals surface area contributed by atoms with Gasteiger partial charge in [0.1, 0.15) is 40.8 Å². The number of piperidine rings is 3. The minimum atomic E-state index is -0.538. The molecule has 8 N–H and O–H groups in total. The molecular weight excluding hydrogens is 1280 g/mol. The number of carbonyl (C=O) groups is 3. The van der Waals surface area contributed by atoms with Crippen LogP contribution in [0.1, 0.15) is 96.9 Å². The van der Waals surface area contributed by atoms with Crippen molar-refractivity contribution >= 4 is 112 Å². The van der Waals surface area contributed by atoms with Crippen molar-refractivity contribution in [1.29, 1.82) is 15.8 Å². The fourth-order valence-corrected chi connectivity index (χ4v) is 12.0.